The van der Waals surface area contributed by atoms with Gasteiger partial charge in [-0.1, -0.05) is 6.92 Å². The van der Waals surface area contributed by atoms with Crippen LogP contribution in [0.5, 0.6) is 0 Å². The summed E-state index contributed by atoms with van der Waals surface area (Å²) in [6, 6.07) is 1.98. The Kier molecular flexibility index (Phi) is 3.62. The van der Waals surface area contributed by atoms with Crippen molar-refractivity contribution in [2.45, 2.75) is 32.6 Å². The van der Waals surface area contributed by atoms with Gasteiger partial charge in [-0.15, -0.1) is 0 Å². The summed E-state index contributed by atoms with van der Waals surface area (Å²) >= 11 is 0. The third-order valence-corrected chi connectivity index (χ3v) is 3.91. The number of hydrogen-bond acceptors (Lipinski definition) is 3. The summed E-state index contributed by atoms with van der Waals surface area (Å²) in [5.74, 6) is 0.403. The molecule has 1 aliphatic heterocycles. The Morgan fingerprint density at radius 1 is 1.53 bits per heavy atom. The van der Waals surface area contributed by atoms with Crippen LogP contribution in [0.3, 0.4) is 0 Å². The van der Waals surface area contributed by atoms with E-state index in [-0.39, 0.29) is 5.41 Å². The number of nitrogens with one attached hydrogen (secondary N) is 1. The number of rotatable bonds is 4. The van der Waals surface area contributed by atoms with Crippen LogP contribution in [-0.4, -0.2) is 28.7 Å². The van der Waals surface area contributed by atoms with Gasteiger partial charge in [0.15, 0.2) is 0 Å². The van der Waals surface area contributed by atoms with E-state index in [1.165, 1.54) is 0 Å². The molecule has 0 saturated carbocycles. The van der Waals surface area contributed by atoms with E-state index in [2.05, 4.69) is 17.3 Å². The number of nitrogens with zero attached hydrogens (tertiary/aromatic N) is 2. The molecule has 0 aromatic carbocycles. The van der Waals surface area contributed by atoms with Gasteiger partial charge in [0, 0.05) is 30.8 Å². The van der Waals surface area contributed by atoms with Gasteiger partial charge in [-0.2, -0.15) is 5.10 Å². The van der Waals surface area contributed by atoms with Crippen LogP contribution in [0.2, 0.25) is 0 Å². The van der Waals surface area contributed by atoms with Gasteiger partial charge in [0.2, 0.25) is 0 Å². The molecule has 0 spiro atoms. The molecular weight excluding hydrogens is 214 g/mol. The van der Waals surface area contributed by atoms with Gasteiger partial charge in [-0.25, -0.2) is 0 Å². The monoisotopic (exact) mass is 235 g/mol. The lowest BCUT2D eigenvalue weighted by molar-refractivity contribution is -0.129. The first-order valence-corrected chi connectivity index (χ1v) is 6.33. The molecule has 0 amide bonds. The van der Waals surface area contributed by atoms with Crippen LogP contribution in [0, 0.1) is 5.41 Å². The average Bonchev–Trinajstić information content (AvgIpc) is 2.73. The van der Waals surface area contributed by atoms with Crippen molar-refractivity contribution in [3.8, 4) is 0 Å². The molecule has 2 heterocycles. The molecule has 4 heteroatoms. The first-order valence-electron chi connectivity index (χ1n) is 6.33. The van der Waals surface area contributed by atoms with Crippen molar-refractivity contribution in [2.75, 3.05) is 13.1 Å². The van der Waals surface area contributed by atoms with Crippen molar-refractivity contribution >= 4 is 5.78 Å². The average molecular weight is 235 g/mol. The molecule has 2 rings (SSSR count). The zero-order valence-electron chi connectivity index (χ0n) is 10.7. The highest BCUT2D eigenvalue weighted by molar-refractivity contribution is 5.84. The zero-order valence-corrected chi connectivity index (χ0v) is 10.7. The number of piperidine rings is 1. The molecule has 0 bridgehead atoms. The van der Waals surface area contributed by atoms with Crippen molar-refractivity contribution in [3.63, 3.8) is 0 Å². The second kappa shape index (κ2) is 5.00. The van der Waals surface area contributed by atoms with Crippen LogP contribution < -0.4 is 5.32 Å². The molecule has 17 heavy (non-hydrogen) atoms. The third-order valence-electron chi connectivity index (χ3n) is 3.91. The van der Waals surface area contributed by atoms with Gasteiger partial charge in [0.25, 0.3) is 0 Å². The SMILES string of the molecule is Cn1nccc1CCC(=O)C1(C)CCNCC1. The molecule has 1 aromatic heterocycles. The maximum Gasteiger partial charge on any atom is 0.139 e. The Morgan fingerprint density at radius 3 is 2.82 bits per heavy atom. The number of aryl methyl sites for hydroxylation is 2. The number of ketones is 1. The molecule has 94 valence electrons. The fourth-order valence-electron chi connectivity index (χ4n) is 2.45. The Morgan fingerprint density at radius 2 is 2.24 bits per heavy atom. The van der Waals surface area contributed by atoms with Crippen LogP contribution >= 0.6 is 0 Å². The number of carbonyl (C=O) groups excluding carboxylic acids is 1. The molecule has 0 aliphatic carbocycles. The fraction of sp³-hybridized carbons (Fsp3) is 0.692. The maximum atomic E-state index is 12.3. The highest BCUT2D eigenvalue weighted by Gasteiger charge is 2.33. The molecule has 1 aromatic rings. The lowest BCUT2D eigenvalue weighted by Crippen LogP contribution is -2.40. The Balaban J connectivity index is 1.91. The van der Waals surface area contributed by atoms with Crippen LogP contribution in [0.25, 0.3) is 0 Å². The summed E-state index contributed by atoms with van der Waals surface area (Å²) in [5.41, 5.74) is 1.03. The lowest BCUT2D eigenvalue weighted by Gasteiger charge is -2.32. The van der Waals surface area contributed by atoms with E-state index in [1.807, 2.05) is 17.8 Å². The summed E-state index contributed by atoms with van der Waals surface area (Å²) < 4.78 is 1.85. The summed E-state index contributed by atoms with van der Waals surface area (Å²) in [5, 5.41) is 7.43. The third kappa shape index (κ3) is 2.75. The van der Waals surface area contributed by atoms with Crippen LogP contribution in [0.15, 0.2) is 12.3 Å². The molecule has 0 atom stereocenters. The van der Waals surface area contributed by atoms with Gasteiger partial charge >= 0.3 is 0 Å². The predicted molar refractivity (Wildman–Crippen MR) is 66.7 cm³/mol. The van der Waals surface area contributed by atoms with Crippen molar-refractivity contribution in [1.29, 1.82) is 0 Å². The van der Waals surface area contributed by atoms with E-state index in [0.717, 1.165) is 38.0 Å². The molecule has 1 N–H and O–H groups in total. The number of carbonyl (C=O) groups is 1. The standard InChI is InChI=1S/C13H21N3O/c1-13(6-9-14-10-7-13)12(17)4-3-11-5-8-15-16(11)2/h5,8,14H,3-4,6-7,9-10H2,1-2H3. The Labute approximate surface area is 102 Å². The Hall–Kier alpha value is -1.16. The molecule has 0 unspecified atom stereocenters. The van der Waals surface area contributed by atoms with Crippen LogP contribution in [0.1, 0.15) is 31.9 Å². The number of aromatic nitrogens is 2. The minimum Gasteiger partial charge on any atom is -0.317 e. The van der Waals surface area contributed by atoms with E-state index in [9.17, 15) is 4.79 Å². The summed E-state index contributed by atoms with van der Waals surface area (Å²) in [6.45, 7) is 4.04. The first kappa shape index (κ1) is 12.3. The van der Waals surface area contributed by atoms with Crippen molar-refractivity contribution in [1.82, 2.24) is 15.1 Å². The van der Waals surface area contributed by atoms with Gasteiger partial charge in [-0.3, -0.25) is 9.48 Å². The van der Waals surface area contributed by atoms with Crippen LogP contribution in [-0.2, 0) is 18.3 Å². The maximum absolute atomic E-state index is 12.3. The van der Waals surface area contributed by atoms with Crippen LogP contribution in [0.4, 0.5) is 0 Å². The van der Waals surface area contributed by atoms with E-state index in [4.69, 9.17) is 0 Å². The molecule has 1 saturated heterocycles. The Bertz CT molecular complexity index is 391. The smallest absolute Gasteiger partial charge is 0.139 e. The quantitative estimate of drug-likeness (QED) is 0.856. The number of Topliss-reactive ketones (excluding diaryl/α,β-unsaturated/α-hetero) is 1. The van der Waals surface area contributed by atoms with Gasteiger partial charge in [0.05, 0.1) is 0 Å². The largest absolute Gasteiger partial charge is 0.317 e. The highest BCUT2D eigenvalue weighted by atomic mass is 16.1. The molecule has 1 fully saturated rings. The zero-order chi connectivity index (χ0) is 12.3. The second-order valence-electron chi connectivity index (χ2n) is 5.18. The normalized spacial score (nSPS) is 19.2. The minimum atomic E-state index is -0.107. The van der Waals surface area contributed by atoms with Crippen molar-refractivity contribution in [3.05, 3.63) is 18.0 Å². The summed E-state index contributed by atoms with van der Waals surface area (Å²) in [6.07, 6.45) is 5.16. The fourth-order valence-corrected chi connectivity index (χ4v) is 2.45. The van der Waals surface area contributed by atoms with Gasteiger partial charge in [0.1, 0.15) is 5.78 Å². The van der Waals surface area contributed by atoms with E-state index < -0.39 is 0 Å². The first-order chi connectivity index (χ1) is 8.12. The molecular formula is C13H21N3O. The summed E-state index contributed by atoms with van der Waals surface area (Å²) in [7, 11) is 1.92. The number of hydrogen-bond donors (Lipinski definition) is 1. The molecule has 4 nitrogen and oxygen atoms in total. The second-order valence-corrected chi connectivity index (χ2v) is 5.18. The lowest BCUT2D eigenvalue weighted by atomic mass is 9.76. The minimum absolute atomic E-state index is 0.107. The molecule has 0 radical (unpaired) electrons. The van der Waals surface area contributed by atoms with Gasteiger partial charge in [-0.05, 0) is 38.4 Å². The van der Waals surface area contributed by atoms with Crippen molar-refractivity contribution in [2.24, 2.45) is 12.5 Å². The summed E-state index contributed by atoms with van der Waals surface area (Å²) in [4.78, 5) is 12.3. The predicted octanol–water partition coefficient (Wildman–Crippen LogP) is 1.31. The van der Waals surface area contributed by atoms with E-state index in [1.54, 1.807) is 6.20 Å². The van der Waals surface area contributed by atoms with Gasteiger partial charge < -0.3 is 5.32 Å². The molecule has 1 aliphatic rings. The van der Waals surface area contributed by atoms with E-state index in [0.29, 0.717) is 12.2 Å². The highest BCUT2D eigenvalue weighted by Crippen LogP contribution is 2.30. The topological polar surface area (TPSA) is 46.9 Å². The van der Waals surface area contributed by atoms with E-state index >= 15 is 0 Å². The van der Waals surface area contributed by atoms with Crippen molar-refractivity contribution < 1.29 is 4.79 Å².